The Morgan fingerprint density at radius 2 is 1.25 bits per heavy atom. The highest BCUT2D eigenvalue weighted by molar-refractivity contribution is 5.80. The minimum atomic E-state index is 0.870. The van der Waals surface area contributed by atoms with Gasteiger partial charge in [-0.1, -0.05) is 47.0 Å². The van der Waals surface area contributed by atoms with Crippen LogP contribution in [0.2, 0.25) is 0 Å². The van der Waals surface area contributed by atoms with Crippen LogP contribution in [0.15, 0.2) is 60.7 Å². The lowest BCUT2D eigenvalue weighted by molar-refractivity contribution is -0.443. The molecule has 3 aromatic rings. The average molecular weight is 369 g/mol. The van der Waals surface area contributed by atoms with Crippen LogP contribution in [0.4, 0.5) is 17.1 Å². The van der Waals surface area contributed by atoms with Crippen LogP contribution < -0.4 is 9.80 Å². The van der Waals surface area contributed by atoms with E-state index in [4.69, 9.17) is 0 Å². The van der Waals surface area contributed by atoms with Crippen molar-refractivity contribution in [3.63, 3.8) is 0 Å². The van der Waals surface area contributed by atoms with Crippen molar-refractivity contribution in [1.82, 2.24) is 0 Å². The van der Waals surface area contributed by atoms with Crippen molar-refractivity contribution >= 4 is 23.4 Å². The van der Waals surface area contributed by atoms with Crippen molar-refractivity contribution in [2.45, 2.75) is 33.9 Å². The molecule has 0 amide bonds. The number of hydrogen-bond donors (Lipinski definition) is 0. The molecule has 0 fully saturated rings. The predicted octanol–water partition coefficient (Wildman–Crippen LogP) is 5.28. The third-order valence-electron chi connectivity index (χ3n) is 5.77. The molecule has 0 N–H and O–H groups in total. The molecule has 0 bridgehead atoms. The van der Waals surface area contributed by atoms with Crippen LogP contribution in [0.25, 0.3) is 0 Å². The Hall–Kier alpha value is -3.07. The van der Waals surface area contributed by atoms with E-state index in [1.54, 1.807) is 0 Å². The Bertz CT molecular complexity index is 1060. The molecule has 2 aliphatic heterocycles. The molecule has 0 spiro atoms. The highest BCUT2D eigenvalue weighted by Crippen LogP contribution is 2.36. The van der Waals surface area contributed by atoms with E-state index >= 15 is 0 Å². The first-order valence-electron chi connectivity index (χ1n) is 9.96. The number of hydrogen-bond acceptors (Lipinski definition) is 2. The summed E-state index contributed by atoms with van der Waals surface area (Å²) in [5, 5.41) is 0. The number of nitrogens with zero attached hydrogens (tertiary/aromatic N) is 3. The van der Waals surface area contributed by atoms with Gasteiger partial charge in [0.1, 0.15) is 17.9 Å². The molecule has 0 aromatic heterocycles. The summed E-state index contributed by atoms with van der Waals surface area (Å²) in [6.45, 7) is 9.24. The van der Waals surface area contributed by atoms with Gasteiger partial charge >= 0.3 is 0 Å². The summed E-state index contributed by atoms with van der Waals surface area (Å²) in [7, 11) is 0. The summed E-state index contributed by atoms with van der Waals surface area (Å²) in [5.41, 5.74) is 10.7. The fraction of sp³-hybridized carbons (Fsp3) is 0.240. The second-order valence-corrected chi connectivity index (χ2v) is 8.16. The van der Waals surface area contributed by atoms with Crippen molar-refractivity contribution in [3.8, 4) is 0 Å². The van der Waals surface area contributed by atoms with Crippen molar-refractivity contribution in [2.24, 2.45) is 0 Å². The minimum Gasteiger partial charge on any atom is -0.331 e. The zero-order chi connectivity index (χ0) is 19.3. The molecule has 3 heteroatoms. The molecule has 2 heterocycles. The summed E-state index contributed by atoms with van der Waals surface area (Å²) >= 11 is 0. The maximum atomic E-state index is 2.46. The molecule has 3 aromatic carbocycles. The van der Waals surface area contributed by atoms with Crippen LogP contribution in [0.1, 0.15) is 27.8 Å². The Morgan fingerprint density at radius 1 is 0.679 bits per heavy atom. The molecule has 5 rings (SSSR count). The summed E-state index contributed by atoms with van der Waals surface area (Å²) in [4.78, 5) is 4.82. The van der Waals surface area contributed by atoms with Crippen molar-refractivity contribution in [1.29, 1.82) is 0 Å². The smallest absolute Gasteiger partial charge is 0.246 e. The molecule has 0 radical (unpaired) electrons. The van der Waals surface area contributed by atoms with Crippen LogP contribution in [0.3, 0.4) is 0 Å². The largest absolute Gasteiger partial charge is 0.331 e. The van der Waals surface area contributed by atoms with Crippen molar-refractivity contribution < 1.29 is 4.58 Å². The van der Waals surface area contributed by atoms with Gasteiger partial charge in [0, 0.05) is 16.8 Å². The quantitative estimate of drug-likeness (QED) is 0.569. The molecular formula is C25H26N3+. The zero-order valence-electron chi connectivity index (χ0n) is 16.8. The highest BCUT2D eigenvalue weighted by atomic mass is 15.3. The first-order valence-corrected chi connectivity index (χ1v) is 9.96. The van der Waals surface area contributed by atoms with E-state index in [0.717, 1.165) is 19.8 Å². The van der Waals surface area contributed by atoms with E-state index in [9.17, 15) is 0 Å². The summed E-state index contributed by atoms with van der Waals surface area (Å²) < 4.78 is 2.41. The monoisotopic (exact) mass is 368 g/mol. The maximum Gasteiger partial charge on any atom is 0.246 e. The fourth-order valence-corrected chi connectivity index (χ4v) is 4.36. The van der Waals surface area contributed by atoms with Gasteiger partial charge in [0.2, 0.25) is 6.34 Å². The lowest BCUT2D eigenvalue weighted by Gasteiger charge is -2.35. The first-order chi connectivity index (χ1) is 13.6. The lowest BCUT2D eigenvalue weighted by Crippen LogP contribution is -2.41. The van der Waals surface area contributed by atoms with E-state index in [2.05, 4.69) is 102 Å². The van der Waals surface area contributed by atoms with Gasteiger partial charge in [-0.25, -0.2) is 9.48 Å². The molecule has 0 unspecified atom stereocenters. The average Bonchev–Trinajstić information content (AvgIpc) is 2.68. The van der Waals surface area contributed by atoms with Crippen LogP contribution in [0.5, 0.6) is 0 Å². The summed E-state index contributed by atoms with van der Waals surface area (Å²) in [6, 6.07) is 22.4. The Morgan fingerprint density at radius 3 is 1.89 bits per heavy atom. The Labute approximate surface area is 167 Å². The van der Waals surface area contributed by atoms with Crippen LogP contribution in [-0.2, 0) is 13.1 Å². The van der Waals surface area contributed by atoms with Gasteiger partial charge in [-0.3, -0.25) is 0 Å². The van der Waals surface area contributed by atoms with E-state index in [1.807, 2.05) is 0 Å². The van der Waals surface area contributed by atoms with Gasteiger partial charge in [-0.2, -0.15) is 0 Å². The minimum absolute atomic E-state index is 0.870. The molecule has 0 aliphatic carbocycles. The topological polar surface area (TPSA) is 9.49 Å². The predicted molar refractivity (Wildman–Crippen MR) is 117 cm³/mol. The number of rotatable bonds is 2. The van der Waals surface area contributed by atoms with Gasteiger partial charge in [-0.15, -0.1) is 0 Å². The molecule has 0 saturated carbocycles. The second kappa shape index (κ2) is 6.52. The third kappa shape index (κ3) is 2.97. The van der Waals surface area contributed by atoms with E-state index in [-0.39, 0.29) is 0 Å². The maximum absolute atomic E-state index is 2.46. The van der Waals surface area contributed by atoms with Crippen LogP contribution >= 0.6 is 0 Å². The molecule has 28 heavy (non-hydrogen) atoms. The molecular weight excluding hydrogens is 342 g/mol. The van der Waals surface area contributed by atoms with E-state index < -0.39 is 0 Å². The van der Waals surface area contributed by atoms with E-state index in [1.165, 1.54) is 44.9 Å². The third-order valence-corrected chi connectivity index (χ3v) is 5.77. The van der Waals surface area contributed by atoms with Gasteiger partial charge in [0.25, 0.3) is 0 Å². The number of anilines is 2. The SMILES string of the molecule is Cc1ccc(N2C=[N+]3CN(c4ccc(C)cc4)Cc4cc(C)cc(c43)C2)cc1. The van der Waals surface area contributed by atoms with E-state index in [0.29, 0.717) is 0 Å². The molecule has 0 atom stereocenters. The first kappa shape index (κ1) is 17.1. The van der Waals surface area contributed by atoms with Crippen molar-refractivity contribution in [3.05, 3.63) is 88.5 Å². The summed E-state index contributed by atoms with van der Waals surface area (Å²) in [6.07, 6.45) is 2.28. The Balaban J connectivity index is 1.58. The standard InChI is InChI=1S/C25H26N3/c1-18-4-8-23(9-5-18)26-14-21-12-20(3)13-22-15-27(17-28(16-26)25(21)22)24-10-6-19(2)7-11-24/h4-13,16H,14-15,17H2,1-3H3/q+1. The molecule has 140 valence electrons. The zero-order valence-corrected chi connectivity index (χ0v) is 16.8. The van der Waals surface area contributed by atoms with Gasteiger partial charge in [-0.05, 0) is 51.1 Å². The van der Waals surface area contributed by atoms with Crippen LogP contribution in [-0.4, -0.2) is 17.6 Å². The summed E-state index contributed by atoms with van der Waals surface area (Å²) in [5.74, 6) is 0. The molecule has 2 aliphatic rings. The fourth-order valence-electron chi connectivity index (χ4n) is 4.36. The Kier molecular flexibility index (Phi) is 3.97. The second-order valence-electron chi connectivity index (χ2n) is 8.16. The highest BCUT2D eigenvalue weighted by Gasteiger charge is 2.32. The van der Waals surface area contributed by atoms with Gasteiger partial charge in [0.15, 0.2) is 6.67 Å². The normalized spacial score (nSPS) is 15.3. The number of benzene rings is 3. The van der Waals surface area contributed by atoms with Gasteiger partial charge in [0.05, 0.1) is 6.54 Å². The van der Waals surface area contributed by atoms with Crippen LogP contribution in [0, 0.1) is 20.8 Å². The molecule has 0 saturated heterocycles. The molecule has 3 nitrogen and oxygen atoms in total. The number of aryl methyl sites for hydroxylation is 3. The van der Waals surface area contributed by atoms with Gasteiger partial charge < -0.3 is 4.90 Å². The van der Waals surface area contributed by atoms with Crippen molar-refractivity contribution in [2.75, 3.05) is 16.5 Å². The lowest BCUT2D eigenvalue weighted by atomic mass is 9.98.